The van der Waals surface area contributed by atoms with Crippen LogP contribution in [0.2, 0.25) is 0 Å². The molecule has 1 aromatic rings. The van der Waals surface area contributed by atoms with E-state index in [0.29, 0.717) is 6.61 Å². The molecule has 0 aliphatic carbocycles. The molecule has 1 aliphatic rings. The molecule has 0 radical (unpaired) electrons. The number of hydrogen-bond acceptors (Lipinski definition) is 7. The lowest BCUT2D eigenvalue weighted by Gasteiger charge is -2.23. The lowest BCUT2D eigenvalue weighted by atomic mass is 10.1. The maximum absolute atomic E-state index is 12.0. The first kappa shape index (κ1) is 18.8. The van der Waals surface area contributed by atoms with Gasteiger partial charge in [0.1, 0.15) is 18.3 Å². The Labute approximate surface area is 138 Å². The van der Waals surface area contributed by atoms with Crippen LogP contribution in [0.15, 0.2) is 21.9 Å². The predicted octanol–water partition coefficient (Wildman–Crippen LogP) is -1.60. The van der Waals surface area contributed by atoms with Crippen LogP contribution in [-0.2, 0) is 24.2 Å². The van der Waals surface area contributed by atoms with Crippen molar-refractivity contribution in [1.29, 1.82) is 0 Å². The molecule has 2 rings (SSSR count). The van der Waals surface area contributed by atoms with Crippen molar-refractivity contribution in [2.24, 2.45) is 0 Å². The molecule has 0 spiro atoms. The fraction of sp³-hybridized carbons (Fsp3) is 0.692. The van der Waals surface area contributed by atoms with Crippen LogP contribution in [0.3, 0.4) is 0 Å². The first-order valence-electron chi connectivity index (χ1n) is 7.32. The predicted molar refractivity (Wildman–Crippen MR) is 84.3 cm³/mol. The molecule has 4 atom stereocenters. The van der Waals surface area contributed by atoms with Gasteiger partial charge in [-0.2, -0.15) is 0 Å². The second kappa shape index (κ2) is 7.57. The molecule has 2 N–H and O–H groups in total. The van der Waals surface area contributed by atoms with Crippen LogP contribution in [0.25, 0.3) is 0 Å². The van der Waals surface area contributed by atoms with Gasteiger partial charge in [-0.15, -0.1) is 0 Å². The number of methoxy groups -OCH3 is 1. The molecule has 0 amide bonds. The maximum atomic E-state index is 12.0. The van der Waals surface area contributed by atoms with E-state index in [1.165, 1.54) is 23.9 Å². The fourth-order valence-electron chi connectivity index (χ4n) is 2.60. The average molecular weight is 363 g/mol. The summed E-state index contributed by atoms with van der Waals surface area (Å²) >= 11 is 0. The van der Waals surface area contributed by atoms with E-state index in [-0.39, 0.29) is 6.54 Å². The number of sulfonamides is 1. The largest absolute Gasteiger partial charge is 0.374 e. The average Bonchev–Trinajstić information content (AvgIpc) is 2.82. The number of hydrogen-bond donors (Lipinski definition) is 2. The van der Waals surface area contributed by atoms with E-state index in [4.69, 9.17) is 14.2 Å². The van der Waals surface area contributed by atoms with Crippen molar-refractivity contribution in [3.63, 3.8) is 0 Å². The summed E-state index contributed by atoms with van der Waals surface area (Å²) in [5.74, 6) is 0. The van der Waals surface area contributed by atoms with Crippen molar-refractivity contribution >= 4 is 10.0 Å². The van der Waals surface area contributed by atoms with E-state index >= 15 is 0 Å². The molecule has 11 heteroatoms. The van der Waals surface area contributed by atoms with Crippen LogP contribution in [0.5, 0.6) is 0 Å². The number of nitrogens with zero attached hydrogens (tertiary/aromatic N) is 1. The molecule has 1 aliphatic heterocycles. The van der Waals surface area contributed by atoms with E-state index < -0.39 is 45.8 Å². The topological polar surface area (TPSA) is 129 Å². The van der Waals surface area contributed by atoms with Crippen molar-refractivity contribution in [3.8, 4) is 0 Å². The number of nitrogens with one attached hydrogen (secondary N) is 2. The van der Waals surface area contributed by atoms with Gasteiger partial charge in [0, 0.05) is 32.5 Å². The summed E-state index contributed by atoms with van der Waals surface area (Å²) in [6.45, 7) is 2.11. The molecule has 0 unspecified atom stereocenters. The van der Waals surface area contributed by atoms with E-state index in [1.54, 1.807) is 6.92 Å². The molecular weight excluding hydrogens is 342 g/mol. The third kappa shape index (κ3) is 4.30. The van der Waals surface area contributed by atoms with Crippen molar-refractivity contribution in [3.05, 3.63) is 33.1 Å². The highest BCUT2D eigenvalue weighted by Gasteiger charge is 2.47. The maximum Gasteiger partial charge on any atom is 0.330 e. The monoisotopic (exact) mass is 363 g/mol. The summed E-state index contributed by atoms with van der Waals surface area (Å²) in [4.78, 5) is 25.3. The van der Waals surface area contributed by atoms with Gasteiger partial charge in [-0.1, -0.05) is 0 Å². The molecular formula is C13H21N3O7S. The van der Waals surface area contributed by atoms with Crippen LogP contribution in [-0.4, -0.2) is 62.8 Å². The number of H-pyrrole nitrogens is 1. The van der Waals surface area contributed by atoms with E-state index in [9.17, 15) is 18.0 Å². The zero-order chi connectivity index (χ0) is 17.9. The quantitative estimate of drug-likeness (QED) is 0.597. The Bertz CT molecular complexity index is 772. The molecule has 1 saturated heterocycles. The number of aromatic nitrogens is 2. The van der Waals surface area contributed by atoms with Crippen molar-refractivity contribution in [1.82, 2.24) is 14.3 Å². The minimum absolute atomic E-state index is 0.0298. The second-order valence-electron chi connectivity index (χ2n) is 5.32. The number of rotatable bonds is 7. The molecule has 1 aromatic heterocycles. The Morgan fingerprint density at radius 2 is 2.08 bits per heavy atom. The fourth-order valence-corrected chi connectivity index (χ4v) is 3.07. The molecule has 1 fully saturated rings. The van der Waals surface area contributed by atoms with Gasteiger partial charge in [0.05, 0.1) is 6.26 Å². The Balaban J connectivity index is 2.31. The summed E-state index contributed by atoms with van der Waals surface area (Å²) < 4.78 is 43.0. The zero-order valence-corrected chi connectivity index (χ0v) is 14.4. The third-order valence-electron chi connectivity index (χ3n) is 3.59. The lowest BCUT2D eigenvalue weighted by Crippen LogP contribution is -2.42. The summed E-state index contributed by atoms with van der Waals surface area (Å²) in [5, 5.41) is 0. The summed E-state index contributed by atoms with van der Waals surface area (Å²) in [7, 11) is -1.97. The van der Waals surface area contributed by atoms with Crippen molar-refractivity contribution in [2.45, 2.75) is 31.5 Å². The summed E-state index contributed by atoms with van der Waals surface area (Å²) in [5.41, 5.74) is -1.18. The van der Waals surface area contributed by atoms with Crippen LogP contribution in [0.1, 0.15) is 13.2 Å². The van der Waals surface area contributed by atoms with Crippen LogP contribution in [0, 0.1) is 0 Å². The normalized spacial score (nSPS) is 27.5. The third-order valence-corrected chi connectivity index (χ3v) is 4.28. The molecule has 10 nitrogen and oxygen atoms in total. The minimum Gasteiger partial charge on any atom is -0.374 e. The lowest BCUT2D eigenvalue weighted by molar-refractivity contribution is -0.0595. The Morgan fingerprint density at radius 1 is 1.38 bits per heavy atom. The van der Waals surface area contributed by atoms with Gasteiger partial charge in [-0.3, -0.25) is 14.3 Å². The van der Waals surface area contributed by atoms with Crippen molar-refractivity contribution in [2.75, 3.05) is 26.5 Å². The van der Waals surface area contributed by atoms with Gasteiger partial charge < -0.3 is 14.2 Å². The number of ether oxygens (including phenoxy) is 3. The minimum atomic E-state index is -3.41. The molecule has 0 aromatic carbocycles. The van der Waals surface area contributed by atoms with Gasteiger partial charge in [0.2, 0.25) is 10.0 Å². The number of aromatic amines is 1. The van der Waals surface area contributed by atoms with Gasteiger partial charge >= 0.3 is 5.69 Å². The first-order valence-corrected chi connectivity index (χ1v) is 9.22. The molecule has 0 saturated carbocycles. The smallest absolute Gasteiger partial charge is 0.330 e. The molecule has 2 heterocycles. The van der Waals surface area contributed by atoms with Gasteiger partial charge in [0.25, 0.3) is 5.56 Å². The first-order chi connectivity index (χ1) is 11.3. The molecule has 24 heavy (non-hydrogen) atoms. The Kier molecular flexibility index (Phi) is 5.93. The Morgan fingerprint density at radius 3 is 2.62 bits per heavy atom. The van der Waals surface area contributed by atoms with E-state index in [1.807, 2.05) is 0 Å². The van der Waals surface area contributed by atoms with Gasteiger partial charge in [-0.05, 0) is 6.92 Å². The van der Waals surface area contributed by atoms with Crippen LogP contribution in [0.4, 0.5) is 0 Å². The molecule has 136 valence electrons. The zero-order valence-electron chi connectivity index (χ0n) is 13.6. The SMILES string of the molecule is CCO[C@H]1[C@@H](OC)[C@H](n2ccc(=O)[nH]c2=O)O[C@@H]1CNS(C)(=O)=O. The second-order valence-corrected chi connectivity index (χ2v) is 7.16. The summed E-state index contributed by atoms with van der Waals surface area (Å²) in [6.07, 6.45) is -0.420. The summed E-state index contributed by atoms with van der Waals surface area (Å²) in [6, 6.07) is 1.19. The highest BCUT2D eigenvalue weighted by atomic mass is 32.2. The molecule has 0 bridgehead atoms. The highest BCUT2D eigenvalue weighted by Crippen LogP contribution is 2.32. The van der Waals surface area contributed by atoms with Gasteiger partial charge in [0.15, 0.2) is 6.23 Å². The van der Waals surface area contributed by atoms with E-state index in [0.717, 1.165) is 6.26 Å². The standard InChI is InChI=1S/C13H21N3O7S/c1-4-22-10-8(7-14-24(3,19)20)23-12(11(10)21-2)16-6-5-9(17)15-13(16)18/h5-6,8,10-12,14H,4,7H2,1-3H3,(H,15,17,18)/t8-,10-,11-,12-/m1/s1. The van der Waals surface area contributed by atoms with Crippen molar-refractivity contribution < 1.29 is 22.6 Å². The van der Waals surface area contributed by atoms with Crippen LogP contribution < -0.4 is 16.0 Å². The van der Waals surface area contributed by atoms with E-state index in [2.05, 4.69) is 9.71 Å². The Hall–Kier alpha value is -1.53. The van der Waals surface area contributed by atoms with Crippen LogP contribution >= 0.6 is 0 Å². The highest BCUT2D eigenvalue weighted by molar-refractivity contribution is 7.88. The van der Waals surface area contributed by atoms with Gasteiger partial charge in [-0.25, -0.2) is 17.9 Å².